The molecule has 0 saturated carbocycles. The van der Waals surface area contributed by atoms with Gasteiger partial charge in [0.25, 0.3) is 5.91 Å². The standard InChI is InChI=1S/C30H34N4O7/c1-33-14-19-8-10-24(37-2)25(13-19)41-21-7-5-6-20(12-21)18-40-26-16-34(15-23(26)31-27(35)17-33)30(36)22-9-11-28(38-3)32-29(22)39-4/h5-13,23,26H,14-18H2,1-4H3,(H,31,35)/t23-,26-/m0/s1. The average molecular weight is 563 g/mol. The lowest BCUT2D eigenvalue weighted by molar-refractivity contribution is -0.123. The van der Waals surface area contributed by atoms with Gasteiger partial charge in [-0.1, -0.05) is 18.2 Å². The predicted octanol–water partition coefficient (Wildman–Crippen LogP) is 2.87. The van der Waals surface area contributed by atoms with E-state index in [4.69, 9.17) is 23.7 Å². The van der Waals surface area contributed by atoms with Gasteiger partial charge in [0.2, 0.25) is 17.7 Å². The molecule has 4 bridgehead atoms. The number of amides is 2. The third kappa shape index (κ3) is 6.53. The van der Waals surface area contributed by atoms with E-state index in [-0.39, 0.29) is 43.9 Å². The maximum Gasteiger partial charge on any atom is 0.259 e. The molecule has 1 fully saturated rings. The molecule has 3 aromatic rings. The Morgan fingerprint density at radius 1 is 0.976 bits per heavy atom. The molecule has 2 aliphatic heterocycles. The van der Waals surface area contributed by atoms with Gasteiger partial charge in [-0.05, 0) is 48.5 Å². The van der Waals surface area contributed by atoms with Gasteiger partial charge in [-0.25, -0.2) is 0 Å². The van der Waals surface area contributed by atoms with Gasteiger partial charge >= 0.3 is 0 Å². The van der Waals surface area contributed by atoms with Gasteiger partial charge in [-0.3, -0.25) is 14.5 Å². The van der Waals surface area contributed by atoms with Crippen molar-refractivity contribution < 1.29 is 33.3 Å². The van der Waals surface area contributed by atoms with Gasteiger partial charge in [0.05, 0.1) is 46.6 Å². The van der Waals surface area contributed by atoms with Crippen LogP contribution in [0.15, 0.2) is 54.6 Å². The highest BCUT2D eigenvalue weighted by Gasteiger charge is 2.38. The summed E-state index contributed by atoms with van der Waals surface area (Å²) in [5, 5.41) is 3.10. The van der Waals surface area contributed by atoms with Crippen LogP contribution in [-0.2, 0) is 22.7 Å². The third-order valence-corrected chi connectivity index (χ3v) is 7.05. The molecule has 0 aliphatic carbocycles. The molecular formula is C30H34N4O7. The molecule has 41 heavy (non-hydrogen) atoms. The molecule has 1 saturated heterocycles. The molecule has 2 atom stereocenters. The Bertz CT molecular complexity index is 1420. The monoisotopic (exact) mass is 562 g/mol. The van der Waals surface area contributed by atoms with Crippen LogP contribution in [0.5, 0.6) is 29.0 Å². The third-order valence-electron chi connectivity index (χ3n) is 7.05. The van der Waals surface area contributed by atoms with Gasteiger partial charge in [0.15, 0.2) is 11.5 Å². The number of pyridine rings is 1. The number of carbonyl (C=O) groups excluding carboxylic acids is 2. The van der Waals surface area contributed by atoms with Crippen molar-refractivity contribution in [3.8, 4) is 29.0 Å². The van der Waals surface area contributed by atoms with Crippen LogP contribution in [0.2, 0.25) is 0 Å². The first kappa shape index (κ1) is 28.2. The van der Waals surface area contributed by atoms with Crippen molar-refractivity contribution in [3.05, 3.63) is 71.3 Å². The Labute approximate surface area is 238 Å². The Kier molecular flexibility index (Phi) is 8.55. The van der Waals surface area contributed by atoms with Gasteiger partial charge in [0, 0.05) is 25.7 Å². The van der Waals surface area contributed by atoms with Crippen LogP contribution in [0.4, 0.5) is 0 Å². The van der Waals surface area contributed by atoms with Crippen molar-refractivity contribution in [2.45, 2.75) is 25.3 Å². The van der Waals surface area contributed by atoms with Crippen LogP contribution >= 0.6 is 0 Å². The molecule has 0 unspecified atom stereocenters. The Hall–Kier alpha value is -4.35. The second-order valence-electron chi connectivity index (χ2n) is 10.1. The van der Waals surface area contributed by atoms with E-state index in [9.17, 15) is 9.59 Å². The van der Waals surface area contributed by atoms with Crippen LogP contribution in [0.1, 0.15) is 21.5 Å². The minimum absolute atomic E-state index is 0.161. The lowest BCUT2D eigenvalue weighted by Crippen LogP contribution is -2.47. The lowest BCUT2D eigenvalue weighted by atomic mass is 10.1. The fourth-order valence-electron chi connectivity index (χ4n) is 5.07. The second kappa shape index (κ2) is 12.4. The van der Waals surface area contributed by atoms with Crippen molar-refractivity contribution in [2.24, 2.45) is 0 Å². The summed E-state index contributed by atoms with van der Waals surface area (Å²) in [5.74, 6) is 1.92. The molecular weight excluding hydrogens is 528 g/mol. The summed E-state index contributed by atoms with van der Waals surface area (Å²) in [5.41, 5.74) is 2.17. The summed E-state index contributed by atoms with van der Waals surface area (Å²) in [6.07, 6.45) is -0.435. The normalized spacial score (nSPS) is 19.5. The number of benzene rings is 2. The van der Waals surface area contributed by atoms with Crippen molar-refractivity contribution in [3.63, 3.8) is 0 Å². The van der Waals surface area contributed by atoms with Crippen molar-refractivity contribution >= 4 is 11.8 Å². The smallest absolute Gasteiger partial charge is 0.259 e. The minimum Gasteiger partial charge on any atom is -0.493 e. The molecule has 1 aromatic heterocycles. The average Bonchev–Trinajstić information content (AvgIpc) is 3.37. The van der Waals surface area contributed by atoms with Gasteiger partial charge in [-0.2, -0.15) is 4.98 Å². The number of carbonyl (C=O) groups is 2. The molecule has 2 aromatic carbocycles. The lowest BCUT2D eigenvalue weighted by Gasteiger charge is -2.23. The quantitative estimate of drug-likeness (QED) is 0.513. The summed E-state index contributed by atoms with van der Waals surface area (Å²) in [6, 6.07) is 16.2. The Morgan fingerprint density at radius 3 is 2.61 bits per heavy atom. The number of rotatable bonds is 4. The molecule has 11 heteroatoms. The van der Waals surface area contributed by atoms with Gasteiger partial charge in [-0.15, -0.1) is 0 Å². The van der Waals surface area contributed by atoms with E-state index in [0.29, 0.717) is 35.2 Å². The zero-order valence-corrected chi connectivity index (χ0v) is 23.6. The van der Waals surface area contributed by atoms with Gasteiger partial charge in [0.1, 0.15) is 11.3 Å². The molecule has 0 spiro atoms. The van der Waals surface area contributed by atoms with Crippen LogP contribution < -0.4 is 24.3 Å². The van der Waals surface area contributed by atoms with Crippen molar-refractivity contribution in [2.75, 3.05) is 48.0 Å². The fourth-order valence-corrected chi connectivity index (χ4v) is 5.07. The number of fused-ring (bicyclic) bond motifs is 5. The topological polar surface area (TPSA) is 112 Å². The minimum atomic E-state index is -0.435. The van der Waals surface area contributed by atoms with E-state index in [1.165, 1.54) is 14.2 Å². The molecule has 11 nitrogen and oxygen atoms in total. The zero-order chi connectivity index (χ0) is 28.9. The maximum atomic E-state index is 13.5. The first-order chi connectivity index (χ1) is 19.9. The second-order valence-corrected chi connectivity index (χ2v) is 10.1. The van der Waals surface area contributed by atoms with E-state index >= 15 is 0 Å². The predicted molar refractivity (Wildman–Crippen MR) is 150 cm³/mol. The van der Waals surface area contributed by atoms with E-state index in [1.54, 1.807) is 24.1 Å². The SMILES string of the molecule is COc1ccc(C(=O)N2C[C@@H]3NC(=O)CN(C)Cc4ccc(OC)c(c4)Oc4cccc(c4)CO[C@H]3C2)c(OC)n1. The first-order valence-corrected chi connectivity index (χ1v) is 13.3. The zero-order valence-electron chi connectivity index (χ0n) is 23.6. The molecule has 216 valence electrons. The highest BCUT2D eigenvalue weighted by atomic mass is 16.5. The van der Waals surface area contributed by atoms with E-state index < -0.39 is 12.1 Å². The summed E-state index contributed by atoms with van der Waals surface area (Å²) >= 11 is 0. The molecule has 5 rings (SSSR count). The number of hydrogen-bond acceptors (Lipinski definition) is 9. The number of hydrogen-bond donors (Lipinski definition) is 1. The summed E-state index contributed by atoms with van der Waals surface area (Å²) in [7, 11) is 6.42. The molecule has 2 aliphatic rings. The van der Waals surface area contributed by atoms with Crippen LogP contribution in [0, 0.1) is 0 Å². The number of ether oxygens (including phenoxy) is 5. The number of aromatic nitrogens is 1. The molecule has 3 heterocycles. The fraction of sp³-hybridized carbons (Fsp3) is 0.367. The van der Waals surface area contributed by atoms with E-state index in [1.807, 2.05) is 54.4 Å². The van der Waals surface area contributed by atoms with Gasteiger partial charge < -0.3 is 33.9 Å². The number of nitrogens with zero attached hydrogens (tertiary/aromatic N) is 3. The number of nitrogens with one attached hydrogen (secondary N) is 1. The highest BCUT2D eigenvalue weighted by molar-refractivity contribution is 5.96. The largest absolute Gasteiger partial charge is 0.493 e. The summed E-state index contributed by atoms with van der Waals surface area (Å²) in [6.45, 7) is 1.51. The van der Waals surface area contributed by atoms with Crippen LogP contribution in [0.25, 0.3) is 0 Å². The Balaban J connectivity index is 1.40. The highest BCUT2D eigenvalue weighted by Crippen LogP contribution is 2.33. The molecule has 0 radical (unpaired) electrons. The molecule has 1 N–H and O–H groups in total. The van der Waals surface area contributed by atoms with E-state index in [0.717, 1.165) is 11.1 Å². The first-order valence-electron chi connectivity index (χ1n) is 13.3. The number of methoxy groups -OCH3 is 3. The van der Waals surface area contributed by atoms with Crippen molar-refractivity contribution in [1.82, 2.24) is 20.1 Å². The van der Waals surface area contributed by atoms with Crippen molar-refractivity contribution in [1.29, 1.82) is 0 Å². The Morgan fingerprint density at radius 2 is 1.83 bits per heavy atom. The van der Waals surface area contributed by atoms with E-state index in [2.05, 4.69) is 10.3 Å². The van der Waals surface area contributed by atoms with Crippen LogP contribution in [0.3, 0.4) is 0 Å². The van der Waals surface area contributed by atoms with Crippen LogP contribution in [-0.4, -0.2) is 86.8 Å². The maximum absolute atomic E-state index is 13.5. The molecule has 2 amide bonds. The number of likely N-dealkylation sites (tertiary alicyclic amines) is 1. The summed E-state index contributed by atoms with van der Waals surface area (Å²) < 4.78 is 28.5. The summed E-state index contributed by atoms with van der Waals surface area (Å²) in [4.78, 5) is 34.4. The number of likely N-dealkylation sites (N-methyl/N-ethyl adjacent to an activating group) is 1.